The molecule has 4 heteroatoms. The van der Waals surface area contributed by atoms with Gasteiger partial charge in [-0.3, -0.25) is 4.79 Å². The van der Waals surface area contributed by atoms with Crippen molar-refractivity contribution in [2.45, 2.75) is 39.5 Å². The van der Waals surface area contributed by atoms with Crippen molar-refractivity contribution in [2.75, 3.05) is 4.90 Å². The van der Waals surface area contributed by atoms with Crippen LogP contribution in [0.5, 0.6) is 5.75 Å². The number of hydrogen-bond acceptors (Lipinski definition) is 3. The van der Waals surface area contributed by atoms with Crippen LogP contribution in [0.2, 0.25) is 0 Å². The number of benzene rings is 1. The standard InChI is InChI=1S/C13H17NO3/c1-8(2)14-11-6-10(7-15)4-5-12(11)17-9(3)13(14)16/h4-6,8-9,15H,7H2,1-3H3. The van der Waals surface area contributed by atoms with Crippen molar-refractivity contribution in [3.63, 3.8) is 0 Å². The van der Waals surface area contributed by atoms with Crippen molar-refractivity contribution in [3.8, 4) is 5.75 Å². The summed E-state index contributed by atoms with van der Waals surface area (Å²) in [4.78, 5) is 13.8. The summed E-state index contributed by atoms with van der Waals surface area (Å²) in [5, 5.41) is 9.14. The number of aliphatic hydroxyl groups excluding tert-OH is 1. The fourth-order valence-corrected chi connectivity index (χ4v) is 2.04. The minimum absolute atomic E-state index is 0.0387. The molecule has 1 aliphatic heterocycles. The van der Waals surface area contributed by atoms with Crippen LogP contribution in [0.3, 0.4) is 0 Å². The lowest BCUT2D eigenvalue weighted by Crippen LogP contribution is -2.47. The van der Waals surface area contributed by atoms with Crippen LogP contribution < -0.4 is 9.64 Å². The largest absolute Gasteiger partial charge is 0.479 e. The smallest absolute Gasteiger partial charge is 0.268 e. The van der Waals surface area contributed by atoms with Gasteiger partial charge in [-0.05, 0) is 38.5 Å². The summed E-state index contributed by atoms with van der Waals surface area (Å²) in [6.45, 7) is 5.64. The highest BCUT2D eigenvalue weighted by Crippen LogP contribution is 2.36. The summed E-state index contributed by atoms with van der Waals surface area (Å²) in [6.07, 6.45) is -0.454. The van der Waals surface area contributed by atoms with Gasteiger partial charge in [0.15, 0.2) is 6.10 Å². The predicted molar refractivity (Wildman–Crippen MR) is 65.1 cm³/mol. The second-order valence-electron chi connectivity index (χ2n) is 4.52. The van der Waals surface area contributed by atoms with E-state index in [1.165, 1.54) is 0 Å². The van der Waals surface area contributed by atoms with Gasteiger partial charge in [0, 0.05) is 6.04 Å². The highest BCUT2D eigenvalue weighted by atomic mass is 16.5. The van der Waals surface area contributed by atoms with Gasteiger partial charge in [-0.15, -0.1) is 0 Å². The molecule has 2 rings (SSSR count). The Bertz CT molecular complexity index is 442. The maximum absolute atomic E-state index is 12.1. The number of rotatable bonds is 2. The zero-order valence-corrected chi connectivity index (χ0v) is 10.3. The summed E-state index contributed by atoms with van der Waals surface area (Å²) >= 11 is 0. The molecule has 92 valence electrons. The Hall–Kier alpha value is -1.55. The zero-order valence-electron chi connectivity index (χ0n) is 10.3. The molecule has 0 bridgehead atoms. The number of nitrogens with zero attached hydrogens (tertiary/aromatic N) is 1. The number of carbonyl (C=O) groups excluding carboxylic acids is 1. The molecule has 1 aromatic carbocycles. The Kier molecular flexibility index (Phi) is 3.07. The lowest BCUT2D eigenvalue weighted by molar-refractivity contribution is -0.125. The summed E-state index contributed by atoms with van der Waals surface area (Å²) < 4.78 is 5.55. The van der Waals surface area contributed by atoms with Gasteiger partial charge >= 0.3 is 0 Å². The number of hydrogen-bond donors (Lipinski definition) is 1. The molecular formula is C13H17NO3. The molecule has 1 heterocycles. The molecule has 17 heavy (non-hydrogen) atoms. The Morgan fingerprint density at radius 2 is 2.18 bits per heavy atom. The van der Waals surface area contributed by atoms with Crippen LogP contribution in [0.4, 0.5) is 5.69 Å². The second-order valence-corrected chi connectivity index (χ2v) is 4.52. The van der Waals surface area contributed by atoms with Gasteiger partial charge in [-0.2, -0.15) is 0 Å². The topological polar surface area (TPSA) is 49.8 Å². The fourth-order valence-electron chi connectivity index (χ4n) is 2.04. The first-order valence-electron chi connectivity index (χ1n) is 5.78. The van der Waals surface area contributed by atoms with Gasteiger partial charge in [0.2, 0.25) is 0 Å². The molecule has 1 atom stereocenters. The third kappa shape index (κ3) is 2.00. The Morgan fingerprint density at radius 1 is 1.47 bits per heavy atom. The van der Waals surface area contributed by atoms with E-state index in [1.54, 1.807) is 30.0 Å². The van der Waals surface area contributed by atoms with Crippen LogP contribution in [0.1, 0.15) is 26.3 Å². The molecule has 0 radical (unpaired) electrons. The molecule has 0 spiro atoms. The van der Waals surface area contributed by atoms with Gasteiger partial charge in [-0.1, -0.05) is 6.07 Å². The van der Waals surface area contributed by atoms with E-state index in [2.05, 4.69) is 0 Å². The quantitative estimate of drug-likeness (QED) is 0.848. The first kappa shape index (κ1) is 11.9. The highest BCUT2D eigenvalue weighted by molar-refractivity contribution is 6.00. The van der Waals surface area contributed by atoms with Gasteiger partial charge < -0.3 is 14.7 Å². The summed E-state index contributed by atoms with van der Waals surface area (Å²) in [5.74, 6) is 0.658. The number of amides is 1. The molecule has 0 saturated carbocycles. The monoisotopic (exact) mass is 235 g/mol. The lowest BCUT2D eigenvalue weighted by atomic mass is 10.1. The van der Waals surface area contributed by atoms with Crippen molar-refractivity contribution in [2.24, 2.45) is 0 Å². The van der Waals surface area contributed by atoms with Crippen molar-refractivity contribution >= 4 is 11.6 Å². The molecule has 1 aliphatic rings. The predicted octanol–water partition coefficient (Wildman–Crippen LogP) is 1.70. The van der Waals surface area contributed by atoms with Crippen LogP contribution in [-0.4, -0.2) is 23.2 Å². The van der Waals surface area contributed by atoms with E-state index >= 15 is 0 Å². The molecule has 4 nitrogen and oxygen atoms in total. The van der Waals surface area contributed by atoms with Crippen molar-refractivity contribution in [1.82, 2.24) is 0 Å². The number of anilines is 1. The maximum Gasteiger partial charge on any atom is 0.268 e. The van der Waals surface area contributed by atoms with Gasteiger partial charge in [0.1, 0.15) is 5.75 Å². The van der Waals surface area contributed by atoms with Crippen molar-refractivity contribution in [1.29, 1.82) is 0 Å². The molecule has 0 aromatic heterocycles. The Labute approximate surface area is 101 Å². The third-order valence-corrected chi connectivity index (χ3v) is 2.87. The fraction of sp³-hybridized carbons (Fsp3) is 0.462. The van der Waals surface area contributed by atoms with Crippen LogP contribution in [-0.2, 0) is 11.4 Å². The van der Waals surface area contributed by atoms with Crippen LogP contribution >= 0.6 is 0 Å². The van der Waals surface area contributed by atoms with Gasteiger partial charge in [0.25, 0.3) is 5.91 Å². The third-order valence-electron chi connectivity index (χ3n) is 2.87. The summed E-state index contributed by atoms with van der Waals surface area (Å²) in [7, 11) is 0. The average molecular weight is 235 g/mol. The van der Waals surface area contributed by atoms with Crippen LogP contribution in [0.15, 0.2) is 18.2 Å². The average Bonchev–Trinajstić information content (AvgIpc) is 2.29. The summed E-state index contributed by atoms with van der Waals surface area (Å²) in [6, 6.07) is 5.49. The first-order chi connectivity index (χ1) is 8.04. The number of ether oxygens (including phenoxy) is 1. The van der Waals surface area contributed by atoms with Gasteiger partial charge in [0.05, 0.1) is 12.3 Å². The van der Waals surface area contributed by atoms with E-state index < -0.39 is 6.10 Å². The lowest BCUT2D eigenvalue weighted by Gasteiger charge is -2.35. The van der Waals surface area contributed by atoms with E-state index in [4.69, 9.17) is 9.84 Å². The molecule has 1 aromatic rings. The van der Waals surface area contributed by atoms with E-state index in [0.29, 0.717) is 5.75 Å². The molecule has 1 amide bonds. The zero-order chi connectivity index (χ0) is 12.6. The molecule has 1 N–H and O–H groups in total. The summed E-state index contributed by atoms with van der Waals surface area (Å²) in [5.41, 5.74) is 1.52. The van der Waals surface area contributed by atoms with Crippen LogP contribution in [0.25, 0.3) is 0 Å². The first-order valence-corrected chi connectivity index (χ1v) is 5.78. The van der Waals surface area contributed by atoms with Gasteiger partial charge in [-0.25, -0.2) is 0 Å². The highest BCUT2D eigenvalue weighted by Gasteiger charge is 2.33. The number of aliphatic hydroxyl groups is 1. The SMILES string of the molecule is CC1Oc2ccc(CO)cc2N(C(C)C)C1=O. The van der Waals surface area contributed by atoms with Crippen molar-refractivity contribution < 1.29 is 14.6 Å². The van der Waals surface area contributed by atoms with E-state index in [0.717, 1.165) is 11.3 Å². The van der Waals surface area contributed by atoms with Crippen LogP contribution in [0, 0.1) is 0 Å². The Morgan fingerprint density at radius 3 is 2.76 bits per heavy atom. The molecule has 0 fully saturated rings. The molecule has 0 aliphatic carbocycles. The number of carbonyl (C=O) groups is 1. The molecule has 1 unspecified atom stereocenters. The normalized spacial score (nSPS) is 19.2. The number of fused-ring (bicyclic) bond motifs is 1. The molecule has 0 saturated heterocycles. The maximum atomic E-state index is 12.1. The van der Waals surface area contributed by atoms with E-state index in [-0.39, 0.29) is 18.6 Å². The second kappa shape index (κ2) is 4.37. The van der Waals surface area contributed by atoms with Crippen molar-refractivity contribution in [3.05, 3.63) is 23.8 Å². The minimum Gasteiger partial charge on any atom is -0.479 e. The molecular weight excluding hydrogens is 218 g/mol. The Balaban J connectivity index is 2.51. The van der Waals surface area contributed by atoms with E-state index in [9.17, 15) is 4.79 Å². The van der Waals surface area contributed by atoms with E-state index in [1.807, 2.05) is 13.8 Å². The minimum atomic E-state index is -0.454.